The highest BCUT2D eigenvalue weighted by molar-refractivity contribution is 6.00. The zero-order valence-electron chi connectivity index (χ0n) is 17.1. The maximum atomic E-state index is 13.8. The van der Waals surface area contributed by atoms with E-state index in [-0.39, 0.29) is 23.9 Å². The summed E-state index contributed by atoms with van der Waals surface area (Å²) in [5, 5.41) is 16.2. The van der Waals surface area contributed by atoms with Crippen molar-refractivity contribution in [1.82, 2.24) is 14.7 Å². The Balaban J connectivity index is 1.62. The number of primary amides is 1. The number of benzene rings is 2. The summed E-state index contributed by atoms with van der Waals surface area (Å²) in [6, 6.07) is 12.3. The van der Waals surface area contributed by atoms with Gasteiger partial charge < -0.3 is 20.7 Å². The number of fused-ring (bicyclic) bond motifs is 1. The van der Waals surface area contributed by atoms with E-state index in [0.29, 0.717) is 41.3 Å². The van der Waals surface area contributed by atoms with Gasteiger partial charge in [0.15, 0.2) is 11.6 Å². The third kappa shape index (κ3) is 3.83. The monoisotopic (exact) mass is 434 g/mol. The fraction of sp³-hybridized carbons (Fsp3) is 0.182. The number of aromatic nitrogens is 2. The van der Waals surface area contributed by atoms with Crippen LogP contribution in [0, 0.1) is 17.1 Å². The molecule has 0 radical (unpaired) electrons. The van der Waals surface area contributed by atoms with E-state index in [0.717, 1.165) is 0 Å². The Kier molecular flexibility index (Phi) is 5.47. The number of nitrogens with one attached hydrogen (secondary N) is 1. The first kappa shape index (κ1) is 20.9. The number of anilines is 1. The molecule has 0 aliphatic carbocycles. The number of nitrogens with two attached hydrogens (primary N) is 1. The van der Waals surface area contributed by atoms with Gasteiger partial charge in [-0.25, -0.2) is 9.18 Å². The smallest absolute Gasteiger partial charge is 0.322 e. The van der Waals surface area contributed by atoms with Crippen molar-refractivity contribution in [2.24, 2.45) is 5.73 Å². The number of rotatable bonds is 4. The predicted octanol–water partition coefficient (Wildman–Crippen LogP) is 2.72. The van der Waals surface area contributed by atoms with Crippen molar-refractivity contribution in [1.29, 1.82) is 5.26 Å². The Bertz CT molecular complexity index is 1250. The van der Waals surface area contributed by atoms with Crippen LogP contribution in [0.3, 0.4) is 0 Å². The first-order valence-electron chi connectivity index (χ1n) is 9.70. The van der Waals surface area contributed by atoms with Crippen LogP contribution in [0.25, 0.3) is 11.3 Å². The average molecular weight is 434 g/mol. The molecule has 0 atom stereocenters. The van der Waals surface area contributed by atoms with Crippen LogP contribution in [0.1, 0.15) is 21.6 Å². The van der Waals surface area contributed by atoms with Gasteiger partial charge in [0.05, 0.1) is 43.1 Å². The van der Waals surface area contributed by atoms with Crippen LogP contribution in [-0.2, 0) is 13.1 Å². The van der Waals surface area contributed by atoms with E-state index in [1.54, 1.807) is 28.9 Å². The van der Waals surface area contributed by atoms with Crippen LogP contribution < -0.4 is 15.8 Å². The number of carbonyl (C=O) groups is 2. The molecule has 0 bridgehead atoms. The summed E-state index contributed by atoms with van der Waals surface area (Å²) in [5.74, 6) is -1.21. The molecule has 32 heavy (non-hydrogen) atoms. The molecule has 0 unspecified atom stereocenters. The lowest BCUT2D eigenvalue weighted by molar-refractivity contribution is 0.0997. The molecule has 162 valence electrons. The fourth-order valence-corrected chi connectivity index (χ4v) is 3.59. The number of hydrogen-bond donors (Lipinski definition) is 2. The van der Waals surface area contributed by atoms with Crippen molar-refractivity contribution in [2.75, 3.05) is 19.0 Å². The summed E-state index contributed by atoms with van der Waals surface area (Å²) in [5.41, 5.74) is 8.14. The van der Waals surface area contributed by atoms with Crippen molar-refractivity contribution < 1.29 is 18.7 Å². The van der Waals surface area contributed by atoms with Gasteiger partial charge in [-0.2, -0.15) is 10.4 Å². The molecule has 9 nitrogen and oxygen atoms in total. The zero-order valence-corrected chi connectivity index (χ0v) is 17.1. The molecule has 0 saturated heterocycles. The molecule has 3 aromatic rings. The van der Waals surface area contributed by atoms with Gasteiger partial charge in [-0.1, -0.05) is 0 Å². The quantitative estimate of drug-likeness (QED) is 0.653. The van der Waals surface area contributed by atoms with Crippen LogP contribution in [0.4, 0.5) is 14.9 Å². The Morgan fingerprint density at radius 1 is 1.22 bits per heavy atom. The fourth-order valence-electron chi connectivity index (χ4n) is 3.59. The number of halogens is 1. The van der Waals surface area contributed by atoms with Crippen molar-refractivity contribution >= 4 is 17.6 Å². The van der Waals surface area contributed by atoms with Gasteiger partial charge >= 0.3 is 6.03 Å². The minimum Gasteiger partial charge on any atom is -0.494 e. The third-order valence-corrected chi connectivity index (χ3v) is 5.20. The number of urea groups is 1. The molecule has 3 amide bonds. The van der Waals surface area contributed by atoms with Gasteiger partial charge in [0.1, 0.15) is 5.69 Å². The largest absolute Gasteiger partial charge is 0.494 e. The van der Waals surface area contributed by atoms with E-state index >= 15 is 0 Å². The maximum Gasteiger partial charge on any atom is 0.322 e. The lowest BCUT2D eigenvalue weighted by atomic mass is 10.0. The molecule has 0 saturated carbocycles. The van der Waals surface area contributed by atoms with Crippen LogP contribution >= 0.6 is 0 Å². The van der Waals surface area contributed by atoms with Crippen LogP contribution in [-0.4, -0.2) is 40.3 Å². The molecule has 0 fully saturated rings. The molecular weight excluding hydrogens is 415 g/mol. The van der Waals surface area contributed by atoms with E-state index < -0.39 is 11.7 Å². The lowest BCUT2D eigenvalue weighted by Crippen LogP contribution is -2.41. The maximum absolute atomic E-state index is 13.8. The first-order valence-corrected chi connectivity index (χ1v) is 9.70. The van der Waals surface area contributed by atoms with Crippen molar-refractivity contribution in [3.8, 4) is 23.1 Å². The number of methoxy groups -OCH3 is 1. The highest BCUT2D eigenvalue weighted by Gasteiger charge is 2.30. The van der Waals surface area contributed by atoms with Gasteiger partial charge in [0.2, 0.25) is 0 Å². The summed E-state index contributed by atoms with van der Waals surface area (Å²) < 4.78 is 20.5. The standard InChI is InChI=1S/C22H19FN6O3/c1-32-18-10-14(4-7-16(18)23)20-19(21(25)30)17-12-28(8-9-29(17)27-20)22(31)26-15-5-2-13(11-24)3-6-15/h2-7,10H,8-9,12H2,1H3,(H2,25,30)(H,26,31). The second-order valence-corrected chi connectivity index (χ2v) is 7.15. The average Bonchev–Trinajstić information content (AvgIpc) is 3.19. The van der Waals surface area contributed by atoms with Crippen molar-refractivity contribution in [3.63, 3.8) is 0 Å². The topological polar surface area (TPSA) is 126 Å². The summed E-state index contributed by atoms with van der Waals surface area (Å²) in [7, 11) is 1.35. The summed E-state index contributed by atoms with van der Waals surface area (Å²) in [6.45, 7) is 0.835. The van der Waals surface area contributed by atoms with Gasteiger partial charge in [-0.05, 0) is 42.5 Å². The lowest BCUT2D eigenvalue weighted by Gasteiger charge is -2.28. The van der Waals surface area contributed by atoms with E-state index in [1.165, 1.54) is 30.2 Å². The molecule has 1 aliphatic rings. The van der Waals surface area contributed by atoms with E-state index in [4.69, 9.17) is 15.7 Å². The third-order valence-electron chi connectivity index (χ3n) is 5.20. The molecular formula is C22H19FN6O3. The van der Waals surface area contributed by atoms with Crippen LogP contribution in [0.15, 0.2) is 42.5 Å². The SMILES string of the molecule is COc1cc(-c2nn3c(c2C(N)=O)CN(C(=O)Nc2ccc(C#N)cc2)CC3)ccc1F. The van der Waals surface area contributed by atoms with E-state index in [1.807, 2.05) is 6.07 Å². The molecule has 1 aromatic heterocycles. The number of carbonyl (C=O) groups excluding carboxylic acids is 2. The number of nitriles is 1. The summed E-state index contributed by atoms with van der Waals surface area (Å²) in [6.07, 6.45) is 0. The zero-order chi connectivity index (χ0) is 22.8. The highest BCUT2D eigenvalue weighted by atomic mass is 19.1. The molecule has 0 spiro atoms. The second-order valence-electron chi connectivity index (χ2n) is 7.15. The van der Waals surface area contributed by atoms with Crippen LogP contribution in [0.5, 0.6) is 5.75 Å². The molecule has 2 heterocycles. The minimum absolute atomic E-state index is 0.0207. The number of nitrogens with zero attached hydrogens (tertiary/aromatic N) is 4. The molecule has 3 N–H and O–H groups in total. The van der Waals surface area contributed by atoms with E-state index in [2.05, 4.69) is 10.4 Å². The van der Waals surface area contributed by atoms with Gasteiger partial charge in [0.25, 0.3) is 5.91 Å². The Morgan fingerprint density at radius 2 is 1.97 bits per heavy atom. The normalized spacial score (nSPS) is 12.6. The summed E-state index contributed by atoms with van der Waals surface area (Å²) >= 11 is 0. The summed E-state index contributed by atoms with van der Waals surface area (Å²) in [4.78, 5) is 26.6. The predicted molar refractivity (Wildman–Crippen MR) is 113 cm³/mol. The van der Waals surface area contributed by atoms with Crippen molar-refractivity contribution in [3.05, 3.63) is 65.1 Å². The molecule has 1 aliphatic heterocycles. The number of ether oxygens (including phenoxy) is 1. The molecule has 2 aromatic carbocycles. The molecule has 4 rings (SSSR count). The van der Waals surface area contributed by atoms with Gasteiger partial charge in [-0.3, -0.25) is 9.48 Å². The van der Waals surface area contributed by atoms with Gasteiger partial charge in [-0.15, -0.1) is 0 Å². The van der Waals surface area contributed by atoms with Crippen molar-refractivity contribution in [2.45, 2.75) is 13.1 Å². The number of amides is 3. The van der Waals surface area contributed by atoms with E-state index in [9.17, 15) is 14.0 Å². The Hall–Kier alpha value is -4.39. The number of hydrogen-bond acceptors (Lipinski definition) is 5. The van der Waals surface area contributed by atoms with Gasteiger partial charge in [0, 0.05) is 17.8 Å². The first-order chi connectivity index (χ1) is 15.4. The minimum atomic E-state index is -0.695. The van der Waals surface area contributed by atoms with Crippen LogP contribution in [0.2, 0.25) is 0 Å². The Morgan fingerprint density at radius 3 is 2.62 bits per heavy atom. The second kappa shape index (κ2) is 8.39. The highest BCUT2D eigenvalue weighted by Crippen LogP contribution is 2.31. The molecule has 10 heteroatoms. The Labute approximate surface area is 182 Å².